The largest absolute Gasteiger partial charge is 0.481 e. The molecule has 5 heteroatoms. The van der Waals surface area contributed by atoms with E-state index in [2.05, 4.69) is 5.32 Å². The molecule has 1 aromatic carbocycles. The summed E-state index contributed by atoms with van der Waals surface area (Å²) in [5, 5.41) is 12.0. The van der Waals surface area contributed by atoms with E-state index in [-0.39, 0.29) is 24.5 Å². The van der Waals surface area contributed by atoms with Gasteiger partial charge in [-0.1, -0.05) is 50.1 Å². The second kappa shape index (κ2) is 10.2. The van der Waals surface area contributed by atoms with Crippen LogP contribution in [0.2, 0.25) is 0 Å². The Balaban J connectivity index is 1.94. The molecule has 0 aromatic heterocycles. The molecule has 0 spiro atoms. The summed E-state index contributed by atoms with van der Waals surface area (Å²) >= 11 is 0. The second-order valence-electron chi connectivity index (χ2n) is 6.77. The Morgan fingerprint density at radius 3 is 2.52 bits per heavy atom. The quantitative estimate of drug-likeness (QED) is 0.681. The van der Waals surface area contributed by atoms with E-state index in [0.29, 0.717) is 19.3 Å². The van der Waals surface area contributed by atoms with Crippen LogP contribution in [0.1, 0.15) is 57.4 Å². The zero-order valence-corrected chi connectivity index (χ0v) is 14.9. The maximum Gasteiger partial charge on any atom is 0.303 e. The average Bonchev–Trinajstić information content (AvgIpc) is 3.11. The first-order valence-electron chi connectivity index (χ1n) is 9.30. The highest BCUT2D eigenvalue weighted by atomic mass is 16.5. The van der Waals surface area contributed by atoms with Gasteiger partial charge in [0.2, 0.25) is 5.91 Å². The maximum absolute atomic E-state index is 12.6. The molecule has 0 bridgehead atoms. The monoisotopic (exact) mass is 347 g/mol. The Bertz CT molecular complexity index is 540. The Morgan fingerprint density at radius 2 is 1.92 bits per heavy atom. The van der Waals surface area contributed by atoms with Crippen LogP contribution in [-0.4, -0.2) is 35.2 Å². The first-order chi connectivity index (χ1) is 12.1. The third-order valence-electron chi connectivity index (χ3n) is 4.70. The van der Waals surface area contributed by atoms with Gasteiger partial charge < -0.3 is 15.2 Å². The minimum absolute atomic E-state index is 0.0397. The Labute approximate surface area is 149 Å². The van der Waals surface area contributed by atoms with Gasteiger partial charge in [-0.05, 0) is 37.7 Å². The van der Waals surface area contributed by atoms with E-state index >= 15 is 0 Å². The van der Waals surface area contributed by atoms with Crippen LogP contribution in [0.4, 0.5) is 0 Å². The Kier molecular flexibility index (Phi) is 7.92. The molecule has 1 aliphatic rings. The van der Waals surface area contributed by atoms with E-state index in [9.17, 15) is 9.59 Å². The summed E-state index contributed by atoms with van der Waals surface area (Å²) in [6.07, 6.45) is 5.81. The number of aliphatic carboxylic acids is 1. The first kappa shape index (κ1) is 19.4. The molecule has 1 aromatic rings. The number of nitrogens with one attached hydrogen (secondary N) is 1. The lowest BCUT2D eigenvalue weighted by Gasteiger charge is -2.24. The zero-order chi connectivity index (χ0) is 18.1. The van der Waals surface area contributed by atoms with Crippen molar-refractivity contribution in [3.8, 4) is 0 Å². The molecule has 2 atom stereocenters. The molecule has 1 aliphatic carbocycles. The molecule has 1 fully saturated rings. The zero-order valence-electron chi connectivity index (χ0n) is 14.9. The van der Waals surface area contributed by atoms with Crippen LogP contribution in [0, 0.1) is 0 Å². The van der Waals surface area contributed by atoms with E-state index in [1.165, 1.54) is 0 Å². The topological polar surface area (TPSA) is 75.6 Å². The van der Waals surface area contributed by atoms with Gasteiger partial charge in [0.15, 0.2) is 0 Å². The highest BCUT2D eigenvalue weighted by molar-refractivity contribution is 5.81. The number of rotatable bonds is 10. The summed E-state index contributed by atoms with van der Waals surface area (Å²) in [6.45, 7) is 1.95. The molecule has 138 valence electrons. The van der Waals surface area contributed by atoms with Gasteiger partial charge in [-0.2, -0.15) is 0 Å². The fourth-order valence-corrected chi connectivity index (χ4v) is 3.32. The molecular formula is C20H29NO4. The molecule has 25 heavy (non-hydrogen) atoms. The predicted molar refractivity (Wildman–Crippen MR) is 96.4 cm³/mol. The molecule has 2 rings (SSSR count). The number of ether oxygens (including phenoxy) is 1. The Hall–Kier alpha value is -1.88. The predicted octanol–water partition coefficient (Wildman–Crippen LogP) is 3.32. The molecule has 1 saturated carbocycles. The third-order valence-corrected chi connectivity index (χ3v) is 4.70. The van der Waals surface area contributed by atoms with Crippen LogP contribution >= 0.6 is 0 Å². The normalized spacial score (nSPS) is 17.2. The number of carbonyl (C=O) groups excluding carboxylic acids is 1. The molecular weight excluding hydrogens is 318 g/mol. The molecule has 0 radical (unpaired) electrons. The van der Waals surface area contributed by atoms with E-state index in [1.807, 2.05) is 37.3 Å². The van der Waals surface area contributed by atoms with Crippen molar-refractivity contribution in [3.05, 3.63) is 35.9 Å². The highest BCUT2D eigenvalue weighted by Gasteiger charge is 2.26. The minimum atomic E-state index is -0.846. The lowest BCUT2D eigenvalue weighted by Crippen LogP contribution is -2.44. The molecule has 1 amide bonds. The second-order valence-corrected chi connectivity index (χ2v) is 6.77. The van der Waals surface area contributed by atoms with Crippen molar-refractivity contribution in [1.82, 2.24) is 5.32 Å². The molecule has 0 saturated heterocycles. The van der Waals surface area contributed by atoms with Crippen LogP contribution in [0.25, 0.3) is 0 Å². The van der Waals surface area contributed by atoms with Crippen LogP contribution < -0.4 is 5.32 Å². The van der Waals surface area contributed by atoms with Crippen LogP contribution in [0.5, 0.6) is 0 Å². The van der Waals surface area contributed by atoms with Gasteiger partial charge in [0, 0.05) is 12.5 Å². The Morgan fingerprint density at radius 1 is 1.24 bits per heavy atom. The summed E-state index contributed by atoms with van der Waals surface area (Å²) in [4.78, 5) is 23.5. The van der Waals surface area contributed by atoms with Crippen molar-refractivity contribution in [2.75, 3.05) is 0 Å². The molecule has 0 heterocycles. The van der Waals surface area contributed by atoms with Crippen molar-refractivity contribution >= 4 is 11.9 Å². The van der Waals surface area contributed by atoms with Gasteiger partial charge in [0.25, 0.3) is 0 Å². The van der Waals surface area contributed by atoms with Gasteiger partial charge in [0.05, 0.1) is 6.10 Å². The standard InChI is InChI=1S/C20H29NO4/c1-2-18(25-17-10-6-7-11-17)20(24)21-16(12-13-19(22)23)14-15-8-4-3-5-9-15/h3-5,8-9,16-18H,2,6-7,10-14H2,1H3,(H,21,24)(H,22,23). The summed E-state index contributed by atoms with van der Waals surface area (Å²) in [6, 6.07) is 9.62. The fourth-order valence-electron chi connectivity index (χ4n) is 3.32. The average molecular weight is 347 g/mol. The summed E-state index contributed by atoms with van der Waals surface area (Å²) in [7, 11) is 0. The number of benzene rings is 1. The first-order valence-corrected chi connectivity index (χ1v) is 9.30. The van der Waals surface area contributed by atoms with Crippen LogP contribution in [-0.2, 0) is 20.7 Å². The maximum atomic E-state index is 12.6. The number of carbonyl (C=O) groups is 2. The van der Waals surface area contributed by atoms with Crippen molar-refractivity contribution in [2.24, 2.45) is 0 Å². The number of hydrogen-bond donors (Lipinski definition) is 2. The lowest BCUT2D eigenvalue weighted by molar-refractivity contribution is -0.139. The number of hydrogen-bond acceptors (Lipinski definition) is 3. The van der Waals surface area contributed by atoms with Crippen molar-refractivity contribution < 1.29 is 19.4 Å². The molecule has 2 N–H and O–H groups in total. The van der Waals surface area contributed by atoms with Crippen molar-refractivity contribution in [1.29, 1.82) is 0 Å². The van der Waals surface area contributed by atoms with E-state index in [4.69, 9.17) is 9.84 Å². The molecule has 2 unspecified atom stereocenters. The van der Waals surface area contributed by atoms with E-state index in [1.54, 1.807) is 0 Å². The molecule has 5 nitrogen and oxygen atoms in total. The van der Waals surface area contributed by atoms with E-state index < -0.39 is 12.1 Å². The highest BCUT2D eigenvalue weighted by Crippen LogP contribution is 2.23. The minimum Gasteiger partial charge on any atom is -0.481 e. The van der Waals surface area contributed by atoms with E-state index in [0.717, 1.165) is 31.2 Å². The van der Waals surface area contributed by atoms with Crippen molar-refractivity contribution in [2.45, 2.75) is 76.5 Å². The molecule has 0 aliphatic heterocycles. The van der Waals surface area contributed by atoms with Gasteiger partial charge in [-0.15, -0.1) is 0 Å². The fraction of sp³-hybridized carbons (Fsp3) is 0.600. The number of carboxylic acids is 1. The number of amides is 1. The lowest BCUT2D eigenvalue weighted by atomic mass is 10.0. The number of carboxylic acid groups (broad SMARTS) is 1. The SMILES string of the molecule is CCC(OC1CCCC1)C(=O)NC(CCC(=O)O)Cc1ccccc1. The smallest absolute Gasteiger partial charge is 0.303 e. The van der Waals surface area contributed by atoms with Gasteiger partial charge in [0.1, 0.15) is 6.10 Å². The summed E-state index contributed by atoms with van der Waals surface area (Å²) in [5.41, 5.74) is 1.09. The van der Waals surface area contributed by atoms with Gasteiger partial charge in [-0.3, -0.25) is 9.59 Å². The van der Waals surface area contributed by atoms with Crippen LogP contribution in [0.15, 0.2) is 30.3 Å². The third kappa shape index (κ3) is 6.86. The van der Waals surface area contributed by atoms with Crippen LogP contribution in [0.3, 0.4) is 0 Å². The summed E-state index contributed by atoms with van der Waals surface area (Å²) < 4.78 is 5.97. The van der Waals surface area contributed by atoms with Gasteiger partial charge in [-0.25, -0.2) is 0 Å². The van der Waals surface area contributed by atoms with Gasteiger partial charge >= 0.3 is 5.97 Å². The van der Waals surface area contributed by atoms with Crippen molar-refractivity contribution in [3.63, 3.8) is 0 Å². The summed E-state index contributed by atoms with van der Waals surface area (Å²) in [5.74, 6) is -0.970.